The van der Waals surface area contributed by atoms with Gasteiger partial charge in [-0.25, -0.2) is 12.7 Å². The van der Waals surface area contributed by atoms with Crippen molar-refractivity contribution in [2.24, 2.45) is 5.73 Å². The average molecular weight is 300 g/mol. The highest BCUT2D eigenvalue weighted by atomic mass is 32.2. The molecule has 0 aromatic heterocycles. The van der Waals surface area contributed by atoms with Crippen LogP contribution >= 0.6 is 0 Å². The number of rotatable bonds is 8. The molecule has 5 nitrogen and oxygen atoms in total. The number of hydrogen-bond donors (Lipinski definition) is 2. The number of nitrogens with zero attached hydrogens (tertiary/aromatic N) is 1. The lowest BCUT2D eigenvalue weighted by molar-refractivity contribution is 0.281. The molecule has 0 saturated heterocycles. The predicted octanol–water partition coefficient (Wildman–Crippen LogP) is 1.49. The maximum absolute atomic E-state index is 12.3. The van der Waals surface area contributed by atoms with Gasteiger partial charge in [-0.1, -0.05) is 12.1 Å². The highest BCUT2D eigenvalue weighted by Gasteiger charge is 2.20. The summed E-state index contributed by atoms with van der Waals surface area (Å²) in [7, 11) is -1.86. The van der Waals surface area contributed by atoms with Gasteiger partial charge in [0.2, 0.25) is 10.0 Å². The lowest BCUT2D eigenvalue weighted by atomic mass is 10.1. The first kappa shape index (κ1) is 17.1. The first-order chi connectivity index (χ1) is 9.39. The van der Waals surface area contributed by atoms with Crippen LogP contribution in [0.15, 0.2) is 29.2 Å². The Bertz CT molecular complexity index is 498. The van der Waals surface area contributed by atoms with E-state index in [2.05, 4.69) is 0 Å². The maximum atomic E-state index is 12.3. The summed E-state index contributed by atoms with van der Waals surface area (Å²) in [5, 5.41) is 8.70. The molecule has 0 aliphatic rings. The van der Waals surface area contributed by atoms with Crippen molar-refractivity contribution in [1.82, 2.24) is 4.31 Å². The lowest BCUT2D eigenvalue weighted by Crippen LogP contribution is -2.28. The highest BCUT2D eigenvalue weighted by molar-refractivity contribution is 7.89. The number of aliphatic hydroxyl groups excluding tert-OH is 1. The van der Waals surface area contributed by atoms with Gasteiger partial charge in [0.15, 0.2) is 0 Å². The van der Waals surface area contributed by atoms with Crippen molar-refractivity contribution >= 4 is 10.0 Å². The van der Waals surface area contributed by atoms with Crippen molar-refractivity contribution in [3.63, 3.8) is 0 Å². The van der Waals surface area contributed by atoms with Gasteiger partial charge in [-0.05, 0) is 43.9 Å². The average Bonchev–Trinajstić information content (AvgIpc) is 2.43. The predicted molar refractivity (Wildman–Crippen MR) is 79.8 cm³/mol. The van der Waals surface area contributed by atoms with Gasteiger partial charge in [-0.2, -0.15) is 0 Å². The van der Waals surface area contributed by atoms with Crippen molar-refractivity contribution in [2.75, 3.05) is 20.2 Å². The molecule has 0 fully saturated rings. The Kier molecular flexibility index (Phi) is 6.61. The third-order valence-electron chi connectivity index (χ3n) is 3.25. The van der Waals surface area contributed by atoms with Crippen LogP contribution in [0.1, 0.15) is 37.8 Å². The third-order valence-corrected chi connectivity index (χ3v) is 5.12. The monoisotopic (exact) mass is 300 g/mol. The van der Waals surface area contributed by atoms with E-state index in [0.29, 0.717) is 13.0 Å². The molecular weight excluding hydrogens is 276 g/mol. The molecule has 20 heavy (non-hydrogen) atoms. The van der Waals surface area contributed by atoms with E-state index in [1.54, 1.807) is 31.3 Å². The van der Waals surface area contributed by atoms with Crippen molar-refractivity contribution in [1.29, 1.82) is 0 Å². The molecule has 6 heteroatoms. The summed E-state index contributed by atoms with van der Waals surface area (Å²) in [6.45, 7) is 2.46. The minimum absolute atomic E-state index is 0.108. The molecule has 0 amide bonds. The fourth-order valence-corrected chi connectivity index (χ4v) is 3.08. The summed E-state index contributed by atoms with van der Waals surface area (Å²) in [6.07, 6.45) is 2.27. The number of hydrogen-bond acceptors (Lipinski definition) is 4. The van der Waals surface area contributed by atoms with Gasteiger partial charge in [0.05, 0.1) is 4.90 Å². The second kappa shape index (κ2) is 7.73. The van der Waals surface area contributed by atoms with Crippen LogP contribution in [0.4, 0.5) is 0 Å². The molecule has 1 rings (SSSR count). The summed E-state index contributed by atoms with van der Waals surface area (Å²) in [5.74, 6) is 0. The topological polar surface area (TPSA) is 83.6 Å². The minimum Gasteiger partial charge on any atom is -0.396 e. The van der Waals surface area contributed by atoms with Gasteiger partial charge < -0.3 is 10.8 Å². The normalized spacial score (nSPS) is 13.7. The van der Waals surface area contributed by atoms with E-state index in [-0.39, 0.29) is 17.5 Å². The zero-order chi connectivity index (χ0) is 15.2. The number of unbranched alkanes of at least 4 members (excludes halogenated alkanes) is 2. The van der Waals surface area contributed by atoms with Crippen LogP contribution in [-0.2, 0) is 10.0 Å². The summed E-state index contributed by atoms with van der Waals surface area (Å²) in [6, 6.07) is 6.58. The van der Waals surface area contributed by atoms with E-state index in [9.17, 15) is 8.42 Å². The molecule has 0 aliphatic carbocycles. The molecule has 0 saturated carbocycles. The van der Waals surface area contributed by atoms with Gasteiger partial charge in [-0.15, -0.1) is 0 Å². The Hall–Kier alpha value is -0.950. The van der Waals surface area contributed by atoms with Crippen molar-refractivity contribution in [3.8, 4) is 0 Å². The minimum atomic E-state index is -3.44. The molecule has 3 N–H and O–H groups in total. The van der Waals surface area contributed by atoms with E-state index in [1.807, 2.05) is 6.92 Å². The third kappa shape index (κ3) is 4.56. The first-order valence-electron chi connectivity index (χ1n) is 6.82. The van der Waals surface area contributed by atoms with Gasteiger partial charge in [-0.3, -0.25) is 0 Å². The van der Waals surface area contributed by atoms with Gasteiger partial charge in [0.1, 0.15) is 0 Å². The van der Waals surface area contributed by atoms with E-state index >= 15 is 0 Å². The zero-order valence-corrected chi connectivity index (χ0v) is 12.9. The Morgan fingerprint density at radius 1 is 1.20 bits per heavy atom. The second-order valence-electron chi connectivity index (χ2n) is 4.97. The molecule has 0 bridgehead atoms. The molecule has 1 aromatic rings. The second-order valence-corrected chi connectivity index (χ2v) is 7.01. The van der Waals surface area contributed by atoms with Crippen LogP contribution < -0.4 is 5.73 Å². The fraction of sp³-hybridized carbons (Fsp3) is 0.571. The number of aliphatic hydroxyl groups is 1. The first-order valence-corrected chi connectivity index (χ1v) is 8.26. The van der Waals surface area contributed by atoms with Crippen molar-refractivity contribution in [3.05, 3.63) is 29.8 Å². The molecule has 0 aliphatic heterocycles. The van der Waals surface area contributed by atoms with Crippen LogP contribution in [0.5, 0.6) is 0 Å². The van der Waals surface area contributed by atoms with Crippen LogP contribution in [-0.4, -0.2) is 38.0 Å². The van der Waals surface area contributed by atoms with Gasteiger partial charge in [0.25, 0.3) is 0 Å². The van der Waals surface area contributed by atoms with Crippen molar-refractivity contribution in [2.45, 2.75) is 37.1 Å². The Morgan fingerprint density at radius 3 is 2.30 bits per heavy atom. The van der Waals surface area contributed by atoms with E-state index in [1.165, 1.54) is 4.31 Å². The standard InChI is InChI=1S/C14H24N2O3S/c1-12(15)13-6-8-14(9-7-13)20(18,19)16(2)10-4-3-5-11-17/h6-9,12,17H,3-5,10-11,15H2,1-2H3. The van der Waals surface area contributed by atoms with Crippen LogP contribution in [0, 0.1) is 0 Å². The number of sulfonamides is 1. The number of benzene rings is 1. The molecule has 1 unspecified atom stereocenters. The lowest BCUT2D eigenvalue weighted by Gasteiger charge is -2.17. The highest BCUT2D eigenvalue weighted by Crippen LogP contribution is 2.18. The quantitative estimate of drug-likeness (QED) is 0.712. The largest absolute Gasteiger partial charge is 0.396 e. The van der Waals surface area contributed by atoms with Crippen molar-refractivity contribution < 1.29 is 13.5 Å². The fourth-order valence-electron chi connectivity index (χ4n) is 1.87. The molecular formula is C14H24N2O3S. The molecule has 1 atom stereocenters. The summed E-state index contributed by atoms with van der Waals surface area (Å²) in [4.78, 5) is 0.284. The van der Waals surface area contributed by atoms with Gasteiger partial charge in [0, 0.05) is 26.2 Å². The number of nitrogens with two attached hydrogens (primary N) is 1. The Labute approximate surface area is 121 Å². The molecule has 1 aromatic carbocycles. The molecule has 0 radical (unpaired) electrons. The van der Waals surface area contributed by atoms with Crippen LogP contribution in [0.3, 0.4) is 0 Å². The smallest absolute Gasteiger partial charge is 0.242 e. The SMILES string of the molecule is CC(N)c1ccc(S(=O)(=O)N(C)CCCCCO)cc1. The van der Waals surface area contributed by atoms with E-state index in [0.717, 1.165) is 18.4 Å². The summed E-state index contributed by atoms with van der Waals surface area (Å²) in [5.41, 5.74) is 6.66. The summed E-state index contributed by atoms with van der Waals surface area (Å²) < 4.78 is 26.0. The summed E-state index contributed by atoms with van der Waals surface area (Å²) >= 11 is 0. The van der Waals surface area contributed by atoms with Crippen LogP contribution in [0.25, 0.3) is 0 Å². The van der Waals surface area contributed by atoms with E-state index in [4.69, 9.17) is 10.8 Å². The maximum Gasteiger partial charge on any atom is 0.242 e. The Morgan fingerprint density at radius 2 is 1.80 bits per heavy atom. The molecule has 0 spiro atoms. The van der Waals surface area contributed by atoms with E-state index < -0.39 is 10.0 Å². The van der Waals surface area contributed by atoms with Crippen LogP contribution in [0.2, 0.25) is 0 Å². The zero-order valence-electron chi connectivity index (χ0n) is 12.1. The molecule has 114 valence electrons. The Balaban J connectivity index is 2.72. The van der Waals surface area contributed by atoms with Gasteiger partial charge >= 0.3 is 0 Å². The molecule has 0 heterocycles.